The summed E-state index contributed by atoms with van der Waals surface area (Å²) in [5, 5.41) is 13.4. The molecule has 4 rings (SSSR count). The van der Waals surface area contributed by atoms with Crippen LogP contribution in [0.2, 0.25) is 0 Å². The van der Waals surface area contributed by atoms with Gasteiger partial charge >= 0.3 is 0 Å². The lowest BCUT2D eigenvalue weighted by Crippen LogP contribution is -3.12. The zero-order chi connectivity index (χ0) is 21.6. The van der Waals surface area contributed by atoms with Gasteiger partial charge in [0.25, 0.3) is 5.56 Å². The van der Waals surface area contributed by atoms with Crippen LogP contribution in [0.1, 0.15) is 50.0 Å². The van der Waals surface area contributed by atoms with Crippen LogP contribution in [0.3, 0.4) is 0 Å². The fraction of sp³-hybridized carbons (Fsp3) is 0.545. The van der Waals surface area contributed by atoms with Gasteiger partial charge in [0.2, 0.25) is 5.82 Å². The number of tetrazole rings is 1. The Bertz CT molecular complexity index is 1050. The number of aromatic amines is 1. The molecule has 1 aliphatic rings. The summed E-state index contributed by atoms with van der Waals surface area (Å²) in [6.07, 6.45) is 4.70. The fourth-order valence-electron chi connectivity index (χ4n) is 4.44. The smallest absolute Gasteiger partial charge is 0.258 e. The predicted molar refractivity (Wildman–Crippen MR) is 116 cm³/mol. The van der Waals surface area contributed by atoms with E-state index < -0.39 is 0 Å². The van der Waals surface area contributed by atoms with Crippen LogP contribution in [0, 0.1) is 0 Å². The number of quaternary nitrogens is 1. The second kappa shape index (κ2) is 10.0. The van der Waals surface area contributed by atoms with Crippen molar-refractivity contribution in [1.29, 1.82) is 0 Å². The van der Waals surface area contributed by atoms with Gasteiger partial charge in [-0.2, -0.15) is 0 Å². The van der Waals surface area contributed by atoms with Crippen molar-refractivity contribution < 1.29 is 14.4 Å². The van der Waals surface area contributed by atoms with Crippen molar-refractivity contribution in [3.63, 3.8) is 0 Å². The van der Waals surface area contributed by atoms with E-state index in [0.717, 1.165) is 42.6 Å². The molecule has 0 spiro atoms. The molecule has 0 radical (unpaired) electrons. The van der Waals surface area contributed by atoms with Crippen LogP contribution in [-0.4, -0.2) is 58.6 Å². The van der Waals surface area contributed by atoms with Crippen LogP contribution in [-0.2, 0) is 11.3 Å². The third-order valence-corrected chi connectivity index (χ3v) is 5.95. The van der Waals surface area contributed by atoms with Crippen molar-refractivity contribution in [2.75, 3.05) is 33.4 Å². The van der Waals surface area contributed by atoms with Crippen molar-refractivity contribution in [3.05, 3.63) is 46.0 Å². The van der Waals surface area contributed by atoms with Crippen molar-refractivity contribution >= 4 is 10.9 Å². The van der Waals surface area contributed by atoms with Crippen LogP contribution in [0.4, 0.5) is 0 Å². The van der Waals surface area contributed by atoms with E-state index in [2.05, 4.69) is 20.5 Å². The van der Waals surface area contributed by atoms with E-state index >= 15 is 0 Å². The maximum atomic E-state index is 13.2. The number of aromatic nitrogens is 5. The lowest BCUT2D eigenvalue weighted by Gasteiger charge is -2.26. The van der Waals surface area contributed by atoms with Crippen molar-refractivity contribution in [1.82, 2.24) is 25.2 Å². The molecule has 31 heavy (non-hydrogen) atoms. The second-order valence-corrected chi connectivity index (χ2v) is 7.99. The van der Waals surface area contributed by atoms with E-state index in [0.29, 0.717) is 31.1 Å². The number of nitrogens with one attached hydrogen (secondary N) is 2. The number of pyridine rings is 1. The molecule has 0 unspecified atom stereocenters. The molecule has 1 aromatic carbocycles. The van der Waals surface area contributed by atoms with Crippen LogP contribution in [0.5, 0.6) is 5.75 Å². The van der Waals surface area contributed by atoms with Gasteiger partial charge in [0.1, 0.15) is 5.75 Å². The molecule has 166 valence electrons. The SMILES string of the molecule is CCOc1ccc2[nH]c(=O)c([C@@H](c3nnnn3CCOC)[NH+]3CCCCCC3)cc2c1. The summed E-state index contributed by atoms with van der Waals surface area (Å²) >= 11 is 0. The molecule has 0 amide bonds. The van der Waals surface area contributed by atoms with Crippen LogP contribution < -0.4 is 15.2 Å². The Morgan fingerprint density at radius 1 is 1.19 bits per heavy atom. The first-order valence-corrected chi connectivity index (χ1v) is 11.1. The molecule has 2 aromatic heterocycles. The first-order valence-electron chi connectivity index (χ1n) is 11.1. The molecule has 1 atom stereocenters. The minimum atomic E-state index is -0.242. The Kier molecular flexibility index (Phi) is 6.93. The summed E-state index contributed by atoms with van der Waals surface area (Å²) in [7, 11) is 1.66. The maximum absolute atomic E-state index is 13.2. The minimum Gasteiger partial charge on any atom is -0.494 e. The summed E-state index contributed by atoms with van der Waals surface area (Å²) in [4.78, 5) is 17.6. The molecule has 3 aromatic rings. The first-order chi connectivity index (χ1) is 15.2. The summed E-state index contributed by atoms with van der Waals surface area (Å²) in [5.74, 6) is 1.50. The molecular formula is C22H31N6O3+. The molecule has 0 aliphatic carbocycles. The number of rotatable bonds is 8. The summed E-state index contributed by atoms with van der Waals surface area (Å²) in [6.45, 7) is 5.57. The van der Waals surface area contributed by atoms with Gasteiger partial charge in [0.15, 0.2) is 6.04 Å². The average Bonchev–Trinajstić information content (AvgIpc) is 3.06. The van der Waals surface area contributed by atoms with Crippen LogP contribution in [0.25, 0.3) is 10.9 Å². The van der Waals surface area contributed by atoms with E-state index in [9.17, 15) is 4.79 Å². The molecule has 2 N–H and O–H groups in total. The predicted octanol–water partition coefficient (Wildman–Crippen LogP) is 1.11. The molecule has 0 bridgehead atoms. The highest BCUT2D eigenvalue weighted by Crippen LogP contribution is 2.23. The zero-order valence-electron chi connectivity index (χ0n) is 18.3. The average molecular weight is 428 g/mol. The number of benzene rings is 1. The molecule has 9 heteroatoms. The molecule has 0 saturated carbocycles. The van der Waals surface area contributed by atoms with Gasteiger partial charge in [-0.1, -0.05) is 0 Å². The third kappa shape index (κ3) is 4.77. The van der Waals surface area contributed by atoms with E-state index in [1.165, 1.54) is 17.7 Å². The number of fused-ring (bicyclic) bond motifs is 1. The van der Waals surface area contributed by atoms with Gasteiger partial charge in [-0.15, -0.1) is 5.10 Å². The molecule has 1 saturated heterocycles. The normalized spacial score (nSPS) is 16.3. The van der Waals surface area contributed by atoms with Crippen LogP contribution in [0.15, 0.2) is 29.1 Å². The number of nitrogens with zero attached hydrogens (tertiary/aromatic N) is 4. The Hall–Kier alpha value is -2.78. The Morgan fingerprint density at radius 3 is 2.74 bits per heavy atom. The monoisotopic (exact) mass is 427 g/mol. The van der Waals surface area contributed by atoms with E-state index in [1.54, 1.807) is 11.8 Å². The Morgan fingerprint density at radius 2 is 2.00 bits per heavy atom. The van der Waals surface area contributed by atoms with Crippen molar-refractivity contribution in [2.45, 2.75) is 45.2 Å². The van der Waals surface area contributed by atoms with Crippen molar-refractivity contribution in [2.24, 2.45) is 0 Å². The lowest BCUT2D eigenvalue weighted by molar-refractivity contribution is -0.925. The minimum absolute atomic E-state index is 0.0975. The van der Waals surface area contributed by atoms with Gasteiger partial charge in [-0.3, -0.25) is 4.79 Å². The van der Waals surface area contributed by atoms with Gasteiger partial charge < -0.3 is 19.4 Å². The Balaban J connectivity index is 1.82. The number of methoxy groups -OCH3 is 1. The Labute approximate surface area is 181 Å². The first kappa shape index (κ1) is 21.5. The molecule has 9 nitrogen and oxygen atoms in total. The maximum Gasteiger partial charge on any atom is 0.258 e. The third-order valence-electron chi connectivity index (χ3n) is 5.95. The second-order valence-electron chi connectivity index (χ2n) is 7.99. The number of ether oxygens (including phenoxy) is 2. The number of hydrogen-bond acceptors (Lipinski definition) is 6. The van der Waals surface area contributed by atoms with E-state index in [4.69, 9.17) is 9.47 Å². The molecule has 1 fully saturated rings. The molecular weight excluding hydrogens is 396 g/mol. The quantitative estimate of drug-likeness (QED) is 0.559. The summed E-state index contributed by atoms with van der Waals surface area (Å²) < 4.78 is 12.7. The number of likely N-dealkylation sites (tertiary alicyclic amines) is 1. The highest BCUT2D eigenvalue weighted by Gasteiger charge is 2.34. The van der Waals surface area contributed by atoms with Crippen LogP contribution >= 0.6 is 0 Å². The fourth-order valence-corrected chi connectivity index (χ4v) is 4.44. The highest BCUT2D eigenvalue weighted by molar-refractivity contribution is 5.80. The molecule has 3 heterocycles. The van der Waals surface area contributed by atoms with Gasteiger partial charge in [0, 0.05) is 18.0 Å². The van der Waals surface area contributed by atoms with E-state index in [-0.39, 0.29) is 11.6 Å². The number of H-pyrrole nitrogens is 1. The van der Waals surface area contributed by atoms with Crippen molar-refractivity contribution in [3.8, 4) is 5.75 Å². The lowest BCUT2D eigenvalue weighted by atomic mass is 10.0. The van der Waals surface area contributed by atoms with Gasteiger partial charge in [0.05, 0.1) is 38.4 Å². The highest BCUT2D eigenvalue weighted by atomic mass is 16.5. The molecule has 1 aliphatic heterocycles. The topological polar surface area (TPSA) is 99.4 Å². The van der Waals surface area contributed by atoms with Gasteiger partial charge in [-0.05, 0) is 67.3 Å². The standard InChI is InChI=1S/C22H30N6O3/c1-3-31-17-8-9-19-16(14-17)15-18(22(29)23-19)20(27-10-6-4-5-7-11-27)21-24-25-26-28(21)12-13-30-2/h8-9,14-15,20H,3-7,10-13H2,1-2H3,(H,23,29)/p+1/t20-/m0/s1. The zero-order valence-corrected chi connectivity index (χ0v) is 18.3. The van der Waals surface area contributed by atoms with E-state index in [1.807, 2.05) is 31.2 Å². The van der Waals surface area contributed by atoms with Gasteiger partial charge in [-0.25, -0.2) is 4.68 Å². The summed E-state index contributed by atoms with van der Waals surface area (Å²) in [6, 6.07) is 7.48. The number of hydrogen-bond donors (Lipinski definition) is 2. The summed E-state index contributed by atoms with van der Waals surface area (Å²) in [5.41, 5.74) is 1.38. The largest absolute Gasteiger partial charge is 0.494 e.